The van der Waals surface area contributed by atoms with Gasteiger partial charge in [-0.2, -0.15) is 0 Å². The topological polar surface area (TPSA) is 74.9 Å². The van der Waals surface area contributed by atoms with Crippen molar-refractivity contribution in [1.29, 1.82) is 0 Å². The van der Waals surface area contributed by atoms with Crippen LogP contribution in [-0.2, 0) is 10.0 Å². The molecule has 0 spiro atoms. The molecular weight excluding hydrogens is 771 g/mol. The number of anilines is 2. The predicted molar refractivity (Wildman–Crippen MR) is 263 cm³/mol. The summed E-state index contributed by atoms with van der Waals surface area (Å²) in [7, 11) is -3.03. The van der Waals surface area contributed by atoms with Gasteiger partial charge in [-0.15, -0.1) is 0 Å². The number of aryl methyl sites for hydroxylation is 4. The van der Waals surface area contributed by atoms with Gasteiger partial charge in [-0.05, 0) is 92.6 Å². The van der Waals surface area contributed by atoms with Gasteiger partial charge in [0.1, 0.15) is 11.3 Å². The Morgan fingerprint density at radius 1 is 0.607 bits per heavy atom. The van der Waals surface area contributed by atoms with Crippen LogP contribution in [-0.4, -0.2) is 32.1 Å². The van der Waals surface area contributed by atoms with Crippen molar-refractivity contribution >= 4 is 38.1 Å². The monoisotopic (exact) mass is 844 g/mol. The summed E-state index contributed by atoms with van der Waals surface area (Å²) in [5.74, 6) is 0.813. The smallest absolute Gasteiger partial charge is 0.211 e. The minimum atomic E-state index is -3.03. The Kier molecular flexibility index (Phi) is 20.3. The highest BCUT2D eigenvalue weighted by atomic mass is 32.2. The van der Waals surface area contributed by atoms with Crippen molar-refractivity contribution in [1.82, 2.24) is 4.31 Å². The van der Waals surface area contributed by atoms with E-state index in [-0.39, 0.29) is 0 Å². The molecule has 61 heavy (non-hydrogen) atoms. The maximum absolute atomic E-state index is 11.8. The second-order valence-corrected chi connectivity index (χ2v) is 18.2. The van der Waals surface area contributed by atoms with Gasteiger partial charge in [0.05, 0.1) is 17.3 Å². The molecule has 4 aromatic carbocycles. The van der Waals surface area contributed by atoms with E-state index in [0.29, 0.717) is 13.1 Å². The molecular formula is C54H73N3O3S. The Hall–Kier alpha value is -4.72. The van der Waals surface area contributed by atoms with Crippen LogP contribution < -0.4 is 10.7 Å². The molecule has 0 unspecified atom stereocenters. The number of unbranched alkanes of at least 4 members (excludes halogenated alkanes) is 10. The lowest BCUT2D eigenvalue weighted by atomic mass is 9.93. The summed E-state index contributed by atoms with van der Waals surface area (Å²) in [4.78, 5) is 4.99. The largest absolute Gasteiger partial charge is 0.456 e. The third kappa shape index (κ3) is 14.7. The Morgan fingerprint density at radius 3 is 1.70 bits per heavy atom. The van der Waals surface area contributed by atoms with Crippen molar-refractivity contribution in [2.45, 2.75) is 132 Å². The molecule has 0 amide bonds. The molecule has 1 aliphatic carbocycles. The standard InChI is InChI=1S/C35H30N2O.C17H37NO2S.C2H6/c1-22-10-8-11-23(2)34(22)36-27-16-18-29-31(20-27)38-32-21-28(37-35-24(3)12-9-13-25(35)4)17-19-30(32)33(29)26-14-6-5-7-15-26;1-4-6-8-10-12-14-16-18(21(3,19)20)17-15-13-11-9-7-5-2;1-2/h5-21,36H,1-4H3;4-17H2,1-3H3;1-2H3. The SMILES string of the molecule is CC.CCCCCCCCN(CCCCCCCC)S(C)(=O)=O.Cc1cccc(C)c1N=c1ccc2c(-c3ccccc3)c3ccc(Nc4c(C)cccc4C)cc3oc-2c1. The molecule has 0 bridgehead atoms. The summed E-state index contributed by atoms with van der Waals surface area (Å²) in [6, 6.07) is 35.8. The number of fused-ring (bicyclic) bond motifs is 2. The maximum Gasteiger partial charge on any atom is 0.211 e. The minimum absolute atomic E-state index is 0.708. The average Bonchev–Trinajstić information content (AvgIpc) is 3.25. The molecule has 1 N–H and O–H groups in total. The van der Waals surface area contributed by atoms with E-state index in [1.54, 1.807) is 4.31 Å². The van der Waals surface area contributed by atoms with Gasteiger partial charge in [0, 0.05) is 53.1 Å². The van der Waals surface area contributed by atoms with E-state index >= 15 is 0 Å². The zero-order valence-corrected chi connectivity index (χ0v) is 39.6. The van der Waals surface area contributed by atoms with Gasteiger partial charge in [-0.3, -0.25) is 0 Å². The van der Waals surface area contributed by atoms with E-state index in [1.165, 1.54) is 74.3 Å². The highest BCUT2D eigenvalue weighted by Gasteiger charge is 2.18. The van der Waals surface area contributed by atoms with Crippen molar-refractivity contribution < 1.29 is 12.8 Å². The van der Waals surface area contributed by atoms with Crippen molar-refractivity contribution in [2.75, 3.05) is 24.7 Å². The number of benzene rings is 5. The summed E-state index contributed by atoms with van der Waals surface area (Å²) in [5.41, 5.74) is 12.1. The number of para-hydroxylation sites is 2. The molecule has 0 fully saturated rings. The van der Waals surface area contributed by atoms with Gasteiger partial charge in [0.2, 0.25) is 10.0 Å². The van der Waals surface area contributed by atoms with Gasteiger partial charge in [-0.1, -0.05) is 159 Å². The number of rotatable bonds is 19. The molecule has 328 valence electrons. The molecule has 6 rings (SSSR count). The van der Waals surface area contributed by atoms with Crippen LogP contribution in [0.4, 0.5) is 17.1 Å². The molecule has 0 aromatic heterocycles. The Bertz CT molecular complexity index is 2330. The molecule has 1 aliphatic heterocycles. The molecule has 7 heteroatoms. The fraction of sp³-hybridized carbons (Fsp3) is 0.426. The van der Waals surface area contributed by atoms with Crippen molar-refractivity contribution in [2.24, 2.45) is 4.99 Å². The molecule has 2 aliphatic rings. The first-order valence-corrected chi connectivity index (χ1v) is 24.8. The van der Waals surface area contributed by atoms with E-state index in [1.807, 2.05) is 13.8 Å². The Morgan fingerprint density at radius 2 is 1.15 bits per heavy atom. The average molecular weight is 844 g/mol. The fourth-order valence-electron chi connectivity index (χ4n) is 7.79. The number of nitrogens with one attached hydrogen (secondary N) is 1. The number of sulfonamides is 1. The quantitative estimate of drug-likeness (QED) is 0.0651. The summed E-state index contributed by atoms with van der Waals surface area (Å²) < 4.78 is 31.9. The highest BCUT2D eigenvalue weighted by Crippen LogP contribution is 2.41. The highest BCUT2D eigenvalue weighted by molar-refractivity contribution is 7.88. The Balaban J connectivity index is 0.000000305. The third-order valence-electron chi connectivity index (χ3n) is 11.2. The van der Waals surface area contributed by atoms with Crippen LogP contribution in [0.2, 0.25) is 0 Å². The van der Waals surface area contributed by atoms with Crippen LogP contribution in [0.1, 0.15) is 127 Å². The second-order valence-electron chi connectivity index (χ2n) is 16.2. The molecule has 0 saturated carbocycles. The third-order valence-corrected chi connectivity index (χ3v) is 12.5. The van der Waals surface area contributed by atoms with E-state index in [4.69, 9.17) is 9.41 Å². The summed E-state index contributed by atoms with van der Waals surface area (Å²) >= 11 is 0. The van der Waals surface area contributed by atoms with Crippen LogP contribution >= 0.6 is 0 Å². The first-order valence-electron chi connectivity index (χ1n) is 23.0. The summed E-state index contributed by atoms with van der Waals surface area (Å²) in [6.07, 6.45) is 15.8. The van der Waals surface area contributed by atoms with E-state index in [9.17, 15) is 8.42 Å². The van der Waals surface area contributed by atoms with Crippen LogP contribution in [0, 0.1) is 27.7 Å². The summed E-state index contributed by atoms with van der Waals surface area (Å²) in [5, 5.41) is 5.57. The maximum atomic E-state index is 11.8. The molecule has 4 aromatic rings. The van der Waals surface area contributed by atoms with Crippen LogP contribution in [0.25, 0.3) is 33.4 Å². The molecule has 1 heterocycles. The van der Waals surface area contributed by atoms with Crippen molar-refractivity contribution in [3.8, 4) is 22.5 Å². The van der Waals surface area contributed by atoms with Gasteiger partial charge < -0.3 is 9.73 Å². The van der Waals surface area contributed by atoms with E-state index < -0.39 is 10.0 Å². The van der Waals surface area contributed by atoms with Gasteiger partial charge >= 0.3 is 0 Å². The van der Waals surface area contributed by atoms with Crippen LogP contribution in [0.5, 0.6) is 0 Å². The lowest BCUT2D eigenvalue weighted by Crippen LogP contribution is -2.32. The normalized spacial score (nSPS) is 11.7. The molecule has 0 saturated heterocycles. The lowest BCUT2D eigenvalue weighted by molar-refractivity contribution is 0.386. The van der Waals surface area contributed by atoms with Crippen LogP contribution in [0.3, 0.4) is 0 Å². The second kappa shape index (κ2) is 25.3. The van der Waals surface area contributed by atoms with E-state index in [0.717, 1.165) is 87.1 Å². The molecule has 0 atom stereocenters. The minimum Gasteiger partial charge on any atom is -0.456 e. The number of hydrogen-bond acceptors (Lipinski definition) is 5. The van der Waals surface area contributed by atoms with Crippen LogP contribution in [0.15, 0.2) is 113 Å². The number of nitrogens with zero attached hydrogens (tertiary/aromatic N) is 2. The summed E-state index contributed by atoms with van der Waals surface area (Å²) in [6.45, 7) is 18.3. The van der Waals surface area contributed by atoms with E-state index in [2.05, 4.69) is 150 Å². The van der Waals surface area contributed by atoms with Gasteiger partial charge in [-0.25, -0.2) is 17.7 Å². The molecule has 0 radical (unpaired) electrons. The first-order chi connectivity index (χ1) is 29.5. The number of hydrogen-bond donors (Lipinski definition) is 1. The molecule has 6 nitrogen and oxygen atoms in total. The zero-order valence-electron chi connectivity index (χ0n) is 38.7. The lowest BCUT2D eigenvalue weighted by Gasteiger charge is -2.19. The Labute approximate surface area is 368 Å². The van der Waals surface area contributed by atoms with Crippen molar-refractivity contribution in [3.63, 3.8) is 0 Å². The van der Waals surface area contributed by atoms with Gasteiger partial charge in [0.15, 0.2) is 0 Å². The predicted octanol–water partition coefficient (Wildman–Crippen LogP) is 15.4. The fourth-order valence-corrected chi connectivity index (χ4v) is 8.71. The van der Waals surface area contributed by atoms with Gasteiger partial charge in [0.25, 0.3) is 0 Å². The van der Waals surface area contributed by atoms with Crippen molar-refractivity contribution in [3.05, 3.63) is 131 Å². The first kappa shape index (κ1) is 48.9. The zero-order chi connectivity index (χ0) is 44.2.